The first-order valence-corrected chi connectivity index (χ1v) is 6.19. The van der Waals surface area contributed by atoms with Crippen molar-refractivity contribution in [2.45, 2.75) is 25.0 Å². The summed E-state index contributed by atoms with van der Waals surface area (Å²) in [5, 5.41) is 5.89. The minimum atomic E-state index is -0.472. The molecule has 1 aromatic rings. The van der Waals surface area contributed by atoms with Crippen LogP contribution in [0.25, 0.3) is 0 Å². The van der Waals surface area contributed by atoms with Crippen LogP contribution in [0.3, 0.4) is 0 Å². The first-order chi connectivity index (χ1) is 8.74. The third-order valence-corrected chi connectivity index (χ3v) is 3.42. The van der Waals surface area contributed by atoms with Gasteiger partial charge in [-0.15, -0.1) is 0 Å². The highest BCUT2D eigenvalue weighted by Crippen LogP contribution is 2.31. The van der Waals surface area contributed by atoms with Crippen molar-refractivity contribution < 1.29 is 13.9 Å². The van der Waals surface area contributed by atoms with Crippen LogP contribution >= 0.6 is 0 Å². The molecule has 2 heterocycles. The SMILES string of the molecule is O=C1Nc2ccc(F)cc2C1NCC1CCCO1. The zero-order valence-corrected chi connectivity index (χ0v) is 9.91. The molecule has 1 aromatic carbocycles. The van der Waals surface area contributed by atoms with E-state index < -0.39 is 6.04 Å². The maximum atomic E-state index is 13.2. The monoisotopic (exact) mass is 250 g/mol. The highest BCUT2D eigenvalue weighted by Gasteiger charge is 2.31. The summed E-state index contributed by atoms with van der Waals surface area (Å²) in [6, 6.07) is 3.87. The lowest BCUT2D eigenvalue weighted by Gasteiger charge is -2.15. The number of carbonyl (C=O) groups excluding carboxylic acids is 1. The number of benzene rings is 1. The van der Waals surface area contributed by atoms with E-state index in [1.54, 1.807) is 6.07 Å². The number of fused-ring (bicyclic) bond motifs is 1. The second-order valence-electron chi connectivity index (χ2n) is 4.70. The molecule has 0 saturated carbocycles. The molecule has 18 heavy (non-hydrogen) atoms. The maximum absolute atomic E-state index is 13.2. The molecule has 5 heteroatoms. The van der Waals surface area contributed by atoms with Crippen LogP contribution in [0.1, 0.15) is 24.4 Å². The van der Waals surface area contributed by atoms with Crippen LogP contribution in [0.5, 0.6) is 0 Å². The topological polar surface area (TPSA) is 50.4 Å². The number of halogens is 1. The van der Waals surface area contributed by atoms with Crippen molar-refractivity contribution in [3.63, 3.8) is 0 Å². The minimum Gasteiger partial charge on any atom is -0.377 e. The van der Waals surface area contributed by atoms with E-state index in [9.17, 15) is 9.18 Å². The second kappa shape index (κ2) is 4.66. The fourth-order valence-corrected chi connectivity index (χ4v) is 2.49. The van der Waals surface area contributed by atoms with Crippen LogP contribution in [0.15, 0.2) is 18.2 Å². The lowest BCUT2D eigenvalue weighted by atomic mass is 10.1. The molecule has 1 saturated heterocycles. The molecule has 0 aliphatic carbocycles. The molecule has 2 atom stereocenters. The van der Waals surface area contributed by atoms with Crippen molar-refractivity contribution in [1.82, 2.24) is 5.32 Å². The average molecular weight is 250 g/mol. The zero-order valence-electron chi connectivity index (χ0n) is 9.91. The van der Waals surface area contributed by atoms with E-state index in [0.717, 1.165) is 19.4 Å². The molecule has 0 bridgehead atoms. The summed E-state index contributed by atoms with van der Waals surface area (Å²) in [5.41, 5.74) is 1.37. The van der Waals surface area contributed by atoms with Crippen LogP contribution in [-0.2, 0) is 9.53 Å². The van der Waals surface area contributed by atoms with Crippen LogP contribution < -0.4 is 10.6 Å². The number of hydrogen-bond acceptors (Lipinski definition) is 3. The van der Waals surface area contributed by atoms with Gasteiger partial charge in [-0.25, -0.2) is 4.39 Å². The normalized spacial score (nSPS) is 26.2. The molecule has 2 aliphatic heterocycles. The van der Waals surface area contributed by atoms with E-state index in [0.29, 0.717) is 17.8 Å². The highest BCUT2D eigenvalue weighted by atomic mass is 19.1. The van der Waals surface area contributed by atoms with Gasteiger partial charge in [0, 0.05) is 24.4 Å². The number of ether oxygens (including phenoxy) is 1. The quantitative estimate of drug-likeness (QED) is 0.856. The molecule has 2 N–H and O–H groups in total. The molecular weight excluding hydrogens is 235 g/mol. The number of anilines is 1. The van der Waals surface area contributed by atoms with Crippen LogP contribution in [0.4, 0.5) is 10.1 Å². The standard InChI is InChI=1S/C13H15FN2O2/c14-8-3-4-11-10(6-8)12(13(17)16-11)15-7-9-2-1-5-18-9/h3-4,6,9,12,15H,1-2,5,7H2,(H,16,17). The Morgan fingerprint density at radius 3 is 3.17 bits per heavy atom. The molecule has 2 unspecified atom stereocenters. The van der Waals surface area contributed by atoms with Gasteiger partial charge in [-0.05, 0) is 31.0 Å². The van der Waals surface area contributed by atoms with Gasteiger partial charge < -0.3 is 10.1 Å². The fourth-order valence-electron chi connectivity index (χ4n) is 2.49. The van der Waals surface area contributed by atoms with Gasteiger partial charge in [0.1, 0.15) is 11.9 Å². The summed E-state index contributed by atoms with van der Waals surface area (Å²) in [6.07, 6.45) is 2.24. The van der Waals surface area contributed by atoms with E-state index in [4.69, 9.17) is 4.74 Å². The average Bonchev–Trinajstić information content (AvgIpc) is 2.94. The van der Waals surface area contributed by atoms with Crippen molar-refractivity contribution in [3.05, 3.63) is 29.6 Å². The first kappa shape index (κ1) is 11.6. The Bertz CT molecular complexity index is 472. The van der Waals surface area contributed by atoms with Crippen molar-refractivity contribution in [2.75, 3.05) is 18.5 Å². The predicted molar refractivity (Wildman–Crippen MR) is 64.7 cm³/mol. The molecule has 1 fully saturated rings. The van der Waals surface area contributed by atoms with Crippen LogP contribution in [-0.4, -0.2) is 25.2 Å². The zero-order chi connectivity index (χ0) is 12.5. The maximum Gasteiger partial charge on any atom is 0.246 e. The van der Waals surface area contributed by atoms with Crippen molar-refractivity contribution >= 4 is 11.6 Å². The van der Waals surface area contributed by atoms with E-state index in [-0.39, 0.29) is 17.8 Å². The molecule has 0 radical (unpaired) electrons. The molecule has 96 valence electrons. The largest absolute Gasteiger partial charge is 0.377 e. The Kier molecular flexibility index (Phi) is 3.01. The van der Waals surface area contributed by atoms with Crippen molar-refractivity contribution in [1.29, 1.82) is 0 Å². The molecule has 4 nitrogen and oxygen atoms in total. The number of hydrogen-bond donors (Lipinski definition) is 2. The minimum absolute atomic E-state index is 0.131. The Morgan fingerprint density at radius 2 is 2.39 bits per heavy atom. The van der Waals surface area contributed by atoms with Crippen LogP contribution in [0.2, 0.25) is 0 Å². The number of carbonyl (C=O) groups is 1. The second-order valence-corrected chi connectivity index (χ2v) is 4.70. The molecule has 2 aliphatic rings. The Hall–Kier alpha value is -1.46. The van der Waals surface area contributed by atoms with E-state index in [2.05, 4.69) is 10.6 Å². The molecule has 1 amide bonds. The van der Waals surface area contributed by atoms with Gasteiger partial charge in [-0.2, -0.15) is 0 Å². The summed E-state index contributed by atoms with van der Waals surface area (Å²) >= 11 is 0. The Morgan fingerprint density at radius 1 is 1.50 bits per heavy atom. The molecular formula is C13H15FN2O2. The summed E-state index contributed by atoms with van der Waals surface area (Å²) in [6.45, 7) is 1.41. The van der Waals surface area contributed by atoms with Gasteiger partial charge in [0.05, 0.1) is 6.10 Å². The third-order valence-electron chi connectivity index (χ3n) is 3.42. The summed E-state index contributed by atoms with van der Waals surface area (Å²) in [5.74, 6) is -0.456. The number of rotatable bonds is 3. The molecule has 0 aromatic heterocycles. The summed E-state index contributed by atoms with van der Waals surface area (Å²) < 4.78 is 18.7. The Balaban J connectivity index is 1.72. The van der Waals surface area contributed by atoms with E-state index in [1.807, 2.05) is 0 Å². The van der Waals surface area contributed by atoms with Gasteiger partial charge >= 0.3 is 0 Å². The highest BCUT2D eigenvalue weighted by molar-refractivity contribution is 6.02. The smallest absolute Gasteiger partial charge is 0.246 e. The lowest BCUT2D eigenvalue weighted by Crippen LogP contribution is -2.33. The van der Waals surface area contributed by atoms with Gasteiger partial charge in [0.15, 0.2) is 0 Å². The first-order valence-electron chi connectivity index (χ1n) is 6.19. The third kappa shape index (κ3) is 2.11. The summed E-state index contributed by atoms with van der Waals surface area (Å²) in [7, 11) is 0. The van der Waals surface area contributed by atoms with Crippen molar-refractivity contribution in [2.24, 2.45) is 0 Å². The molecule has 3 rings (SSSR count). The van der Waals surface area contributed by atoms with E-state index in [1.165, 1.54) is 12.1 Å². The van der Waals surface area contributed by atoms with E-state index >= 15 is 0 Å². The fraction of sp³-hybridized carbons (Fsp3) is 0.462. The van der Waals surface area contributed by atoms with Gasteiger partial charge in [0.25, 0.3) is 0 Å². The number of amides is 1. The summed E-state index contributed by atoms with van der Waals surface area (Å²) in [4.78, 5) is 11.8. The number of nitrogens with one attached hydrogen (secondary N) is 2. The van der Waals surface area contributed by atoms with Crippen LogP contribution in [0, 0.1) is 5.82 Å². The molecule has 0 spiro atoms. The Labute approximate surface area is 105 Å². The lowest BCUT2D eigenvalue weighted by molar-refractivity contribution is -0.117. The van der Waals surface area contributed by atoms with Gasteiger partial charge in [-0.3, -0.25) is 10.1 Å². The van der Waals surface area contributed by atoms with Gasteiger partial charge in [-0.1, -0.05) is 0 Å². The van der Waals surface area contributed by atoms with Gasteiger partial charge in [0.2, 0.25) is 5.91 Å². The van der Waals surface area contributed by atoms with Crippen molar-refractivity contribution in [3.8, 4) is 0 Å². The predicted octanol–water partition coefficient (Wildman–Crippen LogP) is 1.59.